The molecule has 0 aliphatic rings. The first kappa shape index (κ1) is 38.7. The lowest BCUT2D eigenvalue weighted by molar-refractivity contribution is 0.957. The third kappa shape index (κ3) is 6.72. The van der Waals surface area contributed by atoms with Crippen molar-refractivity contribution in [3.63, 3.8) is 0 Å². The first-order chi connectivity index (χ1) is 33.2. The van der Waals surface area contributed by atoms with Crippen LogP contribution >= 0.6 is 0 Å². The summed E-state index contributed by atoms with van der Waals surface area (Å²) < 4.78 is 7.00. The van der Waals surface area contributed by atoms with Crippen LogP contribution in [0.4, 0.5) is 0 Å². The summed E-state index contributed by atoms with van der Waals surface area (Å²) in [4.78, 5) is 22.9. The lowest BCUT2D eigenvalue weighted by Crippen LogP contribution is -1.97. The number of hydrogen-bond donors (Lipinski definition) is 0. The standard InChI is InChI=1S/C59H42N8/c1-2-4-39(5-3-1)6-7-40-12-19-45(20-13-40)66-54-24-28-60-34-48(54)47-23-16-43(32-58(47)66)53-33-59-52(38-64-53)51-37-63-31-27-57(51)67(59)46-21-14-42(15-22-46)9-8-41-10-17-44(18-11-41)65-55-25-29-61-35-49(55)50-36-62-30-26-56(50)65/h1-5,10-38H,6-9H2. The average Bonchev–Trinajstić information content (AvgIpc) is 4.03. The van der Waals surface area contributed by atoms with Gasteiger partial charge in [0.15, 0.2) is 0 Å². The summed E-state index contributed by atoms with van der Waals surface area (Å²) in [6.07, 6.45) is 21.2. The molecule has 67 heavy (non-hydrogen) atoms. The number of rotatable bonds is 10. The van der Waals surface area contributed by atoms with E-state index in [0.717, 1.165) is 119 Å². The van der Waals surface area contributed by atoms with Crippen molar-refractivity contribution in [1.29, 1.82) is 0 Å². The third-order valence-electron chi connectivity index (χ3n) is 13.5. The smallest absolute Gasteiger partial charge is 0.0724 e. The highest BCUT2D eigenvalue weighted by atomic mass is 15.0. The number of nitrogens with zero attached hydrogens (tertiary/aromatic N) is 8. The topological polar surface area (TPSA) is 79.2 Å². The van der Waals surface area contributed by atoms with Crippen molar-refractivity contribution in [3.8, 4) is 28.3 Å². The Labute approximate surface area is 386 Å². The summed E-state index contributed by atoms with van der Waals surface area (Å²) in [5.74, 6) is 0. The monoisotopic (exact) mass is 862 g/mol. The molecule has 8 aromatic heterocycles. The molecule has 5 aromatic carbocycles. The lowest BCUT2D eigenvalue weighted by Gasteiger charge is -2.11. The van der Waals surface area contributed by atoms with Crippen LogP contribution in [0.3, 0.4) is 0 Å². The van der Waals surface area contributed by atoms with Crippen LogP contribution in [0.5, 0.6) is 0 Å². The zero-order valence-corrected chi connectivity index (χ0v) is 36.5. The van der Waals surface area contributed by atoms with E-state index < -0.39 is 0 Å². The highest BCUT2D eigenvalue weighted by molar-refractivity contribution is 6.12. The summed E-state index contributed by atoms with van der Waals surface area (Å²) in [6, 6.07) is 55.0. The van der Waals surface area contributed by atoms with Gasteiger partial charge in [-0.15, -0.1) is 0 Å². The number of aromatic nitrogens is 8. The van der Waals surface area contributed by atoms with Crippen molar-refractivity contribution in [2.75, 3.05) is 0 Å². The molecule has 8 heteroatoms. The van der Waals surface area contributed by atoms with Crippen LogP contribution < -0.4 is 0 Å². The van der Waals surface area contributed by atoms with Gasteiger partial charge in [0.2, 0.25) is 0 Å². The van der Waals surface area contributed by atoms with Gasteiger partial charge in [-0.05, 0) is 121 Å². The average molecular weight is 863 g/mol. The van der Waals surface area contributed by atoms with Crippen molar-refractivity contribution >= 4 is 65.4 Å². The second-order valence-corrected chi connectivity index (χ2v) is 17.4. The SMILES string of the molecule is c1ccc(CCc2ccc(-n3c4ccncc4c4ccc(-c5cc6c(cn5)c5cnccc5n6-c5ccc(CCc6ccc(-n7c8ccncc8c8cnccc87)cc6)cc5)cc43)cc2)cc1. The highest BCUT2D eigenvalue weighted by Crippen LogP contribution is 2.37. The van der Waals surface area contributed by atoms with Crippen LogP contribution in [0.2, 0.25) is 0 Å². The van der Waals surface area contributed by atoms with Gasteiger partial charge in [-0.25, -0.2) is 0 Å². The van der Waals surface area contributed by atoms with E-state index in [-0.39, 0.29) is 0 Å². The first-order valence-electron chi connectivity index (χ1n) is 22.8. The molecule has 0 aliphatic heterocycles. The zero-order valence-electron chi connectivity index (χ0n) is 36.5. The third-order valence-corrected chi connectivity index (χ3v) is 13.5. The molecule has 0 radical (unpaired) electrons. The number of benzene rings is 5. The minimum atomic E-state index is 0.910. The van der Waals surface area contributed by atoms with E-state index in [2.05, 4.69) is 185 Å². The molecule has 0 bridgehead atoms. The lowest BCUT2D eigenvalue weighted by atomic mass is 10.0. The molecule has 0 saturated heterocycles. The molecule has 8 heterocycles. The fourth-order valence-electron chi connectivity index (χ4n) is 10.1. The number of aryl methyl sites for hydroxylation is 4. The van der Waals surface area contributed by atoms with Gasteiger partial charge in [0.1, 0.15) is 0 Å². The Balaban J connectivity index is 0.800. The molecular weight excluding hydrogens is 821 g/mol. The minimum Gasteiger partial charge on any atom is -0.309 e. The van der Waals surface area contributed by atoms with Crippen LogP contribution in [-0.2, 0) is 25.7 Å². The maximum Gasteiger partial charge on any atom is 0.0724 e. The molecule has 13 rings (SSSR count). The van der Waals surface area contributed by atoms with Gasteiger partial charge in [0.25, 0.3) is 0 Å². The highest BCUT2D eigenvalue weighted by Gasteiger charge is 2.18. The summed E-state index contributed by atoms with van der Waals surface area (Å²) >= 11 is 0. The van der Waals surface area contributed by atoms with E-state index in [4.69, 9.17) is 4.98 Å². The Morgan fingerprint density at radius 2 is 0.672 bits per heavy atom. The molecule has 0 atom stereocenters. The van der Waals surface area contributed by atoms with Gasteiger partial charge >= 0.3 is 0 Å². The largest absolute Gasteiger partial charge is 0.309 e. The molecule has 8 nitrogen and oxygen atoms in total. The quantitative estimate of drug-likeness (QED) is 0.137. The Morgan fingerprint density at radius 1 is 0.299 bits per heavy atom. The summed E-state index contributed by atoms with van der Waals surface area (Å²) in [5.41, 5.74) is 17.3. The van der Waals surface area contributed by atoms with E-state index in [0.29, 0.717) is 0 Å². The molecule has 0 spiro atoms. The number of hydrogen-bond acceptors (Lipinski definition) is 5. The van der Waals surface area contributed by atoms with Gasteiger partial charge in [0, 0.05) is 111 Å². The summed E-state index contributed by atoms with van der Waals surface area (Å²) in [5, 5.41) is 6.65. The van der Waals surface area contributed by atoms with Crippen molar-refractivity contribution in [2.45, 2.75) is 25.7 Å². The molecule has 0 unspecified atom stereocenters. The van der Waals surface area contributed by atoms with Gasteiger partial charge in [0.05, 0.1) is 38.8 Å². The Hall–Kier alpha value is -8.75. The Kier molecular flexibility index (Phi) is 9.26. The molecule has 0 amide bonds. The number of fused-ring (bicyclic) bond motifs is 9. The second-order valence-electron chi connectivity index (χ2n) is 17.4. The molecule has 0 saturated carbocycles. The fourth-order valence-corrected chi connectivity index (χ4v) is 10.1. The van der Waals surface area contributed by atoms with E-state index in [1.54, 1.807) is 0 Å². The van der Waals surface area contributed by atoms with Gasteiger partial charge in [-0.3, -0.25) is 24.9 Å². The molecule has 0 N–H and O–H groups in total. The van der Waals surface area contributed by atoms with Crippen LogP contribution in [0.15, 0.2) is 207 Å². The van der Waals surface area contributed by atoms with E-state index in [1.807, 2.05) is 55.8 Å². The molecule has 318 valence electrons. The van der Waals surface area contributed by atoms with Crippen LogP contribution in [0.1, 0.15) is 22.3 Å². The van der Waals surface area contributed by atoms with Crippen LogP contribution in [0, 0.1) is 0 Å². The van der Waals surface area contributed by atoms with E-state index in [9.17, 15) is 0 Å². The molecule has 13 aromatic rings. The summed E-state index contributed by atoms with van der Waals surface area (Å²) in [6.45, 7) is 0. The van der Waals surface area contributed by atoms with E-state index >= 15 is 0 Å². The predicted octanol–water partition coefficient (Wildman–Crippen LogP) is 13.2. The van der Waals surface area contributed by atoms with Gasteiger partial charge in [-0.1, -0.05) is 78.9 Å². The number of pyridine rings is 5. The maximum absolute atomic E-state index is 5.10. The second kappa shape index (κ2) is 16.0. The van der Waals surface area contributed by atoms with Crippen molar-refractivity contribution < 1.29 is 0 Å². The Bertz CT molecular complexity index is 3910. The molecule has 0 fully saturated rings. The van der Waals surface area contributed by atoms with Crippen molar-refractivity contribution in [3.05, 3.63) is 230 Å². The zero-order chi connectivity index (χ0) is 44.3. The van der Waals surface area contributed by atoms with Crippen LogP contribution in [-0.4, -0.2) is 38.6 Å². The Morgan fingerprint density at radius 3 is 1.12 bits per heavy atom. The van der Waals surface area contributed by atoms with Gasteiger partial charge < -0.3 is 13.7 Å². The minimum absolute atomic E-state index is 0.910. The first-order valence-corrected chi connectivity index (χ1v) is 22.8. The normalized spacial score (nSPS) is 11.8. The van der Waals surface area contributed by atoms with Crippen molar-refractivity contribution in [1.82, 2.24) is 38.6 Å². The maximum atomic E-state index is 5.10. The fraction of sp³-hybridized carbons (Fsp3) is 0.0678. The van der Waals surface area contributed by atoms with Crippen molar-refractivity contribution in [2.24, 2.45) is 0 Å². The molecule has 0 aliphatic carbocycles. The summed E-state index contributed by atoms with van der Waals surface area (Å²) in [7, 11) is 0. The van der Waals surface area contributed by atoms with Gasteiger partial charge in [-0.2, -0.15) is 0 Å². The predicted molar refractivity (Wildman–Crippen MR) is 272 cm³/mol. The van der Waals surface area contributed by atoms with E-state index in [1.165, 1.54) is 22.3 Å². The van der Waals surface area contributed by atoms with Crippen LogP contribution in [0.25, 0.3) is 93.7 Å². The molecular formula is C59H42N8.